The number of benzene rings is 1. The highest BCUT2D eigenvalue weighted by Gasteiger charge is 2.27. The predicted octanol–water partition coefficient (Wildman–Crippen LogP) is 2.14. The van der Waals surface area contributed by atoms with E-state index in [-0.39, 0.29) is 10.8 Å². The van der Waals surface area contributed by atoms with Crippen LogP contribution in [0.2, 0.25) is 0 Å². The second kappa shape index (κ2) is 9.68. The molecule has 0 radical (unpaired) electrons. The Balaban J connectivity index is 1.43. The number of nitrogens with zero attached hydrogens (tertiary/aromatic N) is 4. The van der Waals surface area contributed by atoms with Gasteiger partial charge in [0.05, 0.1) is 23.4 Å². The molecule has 1 unspecified atom stereocenters. The van der Waals surface area contributed by atoms with Crippen molar-refractivity contribution < 1.29 is 17.9 Å². The number of hydrogen-bond acceptors (Lipinski definition) is 7. The van der Waals surface area contributed by atoms with E-state index >= 15 is 0 Å². The van der Waals surface area contributed by atoms with Crippen molar-refractivity contribution in [3.63, 3.8) is 0 Å². The normalized spacial score (nSPS) is 18.7. The molecule has 4 rings (SSSR count). The number of hydrogen-bond donors (Lipinski definition) is 1. The van der Waals surface area contributed by atoms with Gasteiger partial charge in [0.15, 0.2) is 5.16 Å². The number of nitrogens with one attached hydrogen (secondary N) is 1. The smallest absolute Gasteiger partial charge is 0.243 e. The number of amides is 1. The lowest BCUT2D eigenvalue weighted by Crippen LogP contribution is -2.40. The third kappa shape index (κ3) is 5.11. The Morgan fingerprint density at radius 1 is 1.16 bits per heavy atom. The number of anilines is 1. The van der Waals surface area contributed by atoms with E-state index < -0.39 is 15.3 Å². The largest absolute Gasteiger partial charge is 0.379 e. The van der Waals surface area contributed by atoms with Gasteiger partial charge in [0, 0.05) is 31.7 Å². The maximum atomic E-state index is 12.9. The molecule has 11 heteroatoms. The van der Waals surface area contributed by atoms with E-state index in [0.29, 0.717) is 32.0 Å². The Hall–Kier alpha value is -1.95. The molecule has 9 nitrogen and oxygen atoms in total. The molecule has 0 aliphatic carbocycles. The van der Waals surface area contributed by atoms with Gasteiger partial charge in [0.2, 0.25) is 15.9 Å². The van der Waals surface area contributed by atoms with Crippen LogP contribution >= 0.6 is 11.8 Å². The molecule has 1 atom stereocenters. The molecule has 168 valence electrons. The zero-order chi connectivity index (χ0) is 21.8. The van der Waals surface area contributed by atoms with Gasteiger partial charge in [-0.2, -0.15) is 4.31 Å². The zero-order valence-electron chi connectivity index (χ0n) is 17.5. The highest BCUT2D eigenvalue weighted by atomic mass is 32.2. The molecule has 31 heavy (non-hydrogen) atoms. The van der Waals surface area contributed by atoms with Crippen molar-refractivity contribution in [1.82, 2.24) is 19.1 Å². The summed E-state index contributed by atoms with van der Waals surface area (Å²) in [6, 6.07) is 6.38. The Morgan fingerprint density at radius 2 is 1.97 bits per heavy atom. The van der Waals surface area contributed by atoms with Gasteiger partial charge in [-0.3, -0.25) is 4.79 Å². The van der Waals surface area contributed by atoms with Crippen LogP contribution in [0.15, 0.2) is 34.3 Å². The number of rotatable bonds is 6. The van der Waals surface area contributed by atoms with E-state index in [2.05, 4.69) is 20.1 Å². The monoisotopic (exact) mass is 465 g/mol. The topological polar surface area (TPSA) is 106 Å². The molecule has 1 N–H and O–H groups in total. The number of aromatic nitrogens is 3. The summed E-state index contributed by atoms with van der Waals surface area (Å²) >= 11 is 1.37. The number of thioether (sulfide) groups is 1. The lowest BCUT2D eigenvalue weighted by atomic mass is 10.2. The first kappa shape index (κ1) is 22.3. The molecule has 2 aromatic rings. The van der Waals surface area contributed by atoms with E-state index in [0.717, 1.165) is 36.8 Å². The fourth-order valence-electron chi connectivity index (χ4n) is 3.67. The fraction of sp³-hybridized carbons (Fsp3) is 0.550. The van der Waals surface area contributed by atoms with Crippen LogP contribution in [-0.4, -0.2) is 64.9 Å². The summed E-state index contributed by atoms with van der Waals surface area (Å²) in [5, 5.41) is 11.7. The molecule has 0 saturated carbocycles. The maximum Gasteiger partial charge on any atom is 0.243 e. The van der Waals surface area contributed by atoms with Crippen molar-refractivity contribution in [2.24, 2.45) is 0 Å². The highest BCUT2D eigenvalue weighted by Crippen LogP contribution is 2.27. The van der Waals surface area contributed by atoms with Crippen molar-refractivity contribution in [3.8, 4) is 0 Å². The van der Waals surface area contributed by atoms with Crippen molar-refractivity contribution in [1.29, 1.82) is 0 Å². The summed E-state index contributed by atoms with van der Waals surface area (Å²) in [6.07, 6.45) is 4.29. The minimum atomic E-state index is -3.62. The van der Waals surface area contributed by atoms with Gasteiger partial charge < -0.3 is 14.6 Å². The van der Waals surface area contributed by atoms with E-state index in [1.54, 1.807) is 18.2 Å². The highest BCUT2D eigenvalue weighted by molar-refractivity contribution is 8.00. The molecule has 1 amide bonds. The maximum absolute atomic E-state index is 12.9. The number of carbonyl (C=O) groups is 1. The Morgan fingerprint density at radius 3 is 2.77 bits per heavy atom. The third-order valence-electron chi connectivity index (χ3n) is 5.44. The van der Waals surface area contributed by atoms with Gasteiger partial charge >= 0.3 is 0 Å². The lowest BCUT2D eigenvalue weighted by Gasteiger charge is -2.26. The van der Waals surface area contributed by atoms with Crippen molar-refractivity contribution in [2.75, 3.05) is 31.6 Å². The average Bonchev–Trinajstić information content (AvgIpc) is 3.00. The second-order valence-corrected chi connectivity index (χ2v) is 10.9. The SMILES string of the molecule is CC(Sc1nnc2n1CCCCC2)C(=O)Nc1cccc(S(=O)(=O)N2CCOCC2)c1. The van der Waals surface area contributed by atoms with Gasteiger partial charge in [-0.15, -0.1) is 10.2 Å². The van der Waals surface area contributed by atoms with Crippen LogP contribution < -0.4 is 5.32 Å². The van der Waals surface area contributed by atoms with Crippen LogP contribution in [0, 0.1) is 0 Å². The molecule has 1 aromatic heterocycles. The van der Waals surface area contributed by atoms with Gasteiger partial charge in [-0.25, -0.2) is 8.42 Å². The fourth-order valence-corrected chi connectivity index (χ4v) is 6.02. The Kier molecular flexibility index (Phi) is 6.95. The van der Waals surface area contributed by atoms with Crippen LogP contribution in [0.1, 0.15) is 32.0 Å². The minimum Gasteiger partial charge on any atom is -0.379 e. The number of carbonyl (C=O) groups excluding carboxylic acids is 1. The van der Waals surface area contributed by atoms with E-state index in [1.165, 1.54) is 28.6 Å². The number of morpholine rings is 1. The average molecular weight is 466 g/mol. The van der Waals surface area contributed by atoms with Crippen LogP contribution in [-0.2, 0) is 32.5 Å². The van der Waals surface area contributed by atoms with Gasteiger partial charge in [0.25, 0.3) is 0 Å². The van der Waals surface area contributed by atoms with E-state index in [9.17, 15) is 13.2 Å². The van der Waals surface area contributed by atoms with Crippen molar-refractivity contribution >= 4 is 33.4 Å². The first-order valence-corrected chi connectivity index (χ1v) is 12.8. The molecule has 1 fully saturated rings. The van der Waals surface area contributed by atoms with Crippen molar-refractivity contribution in [2.45, 2.75) is 54.5 Å². The standard InChI is InChI=1S/C20H27N5O4S2/c1-15(30-20-23-22-18-8-3-2-4-9-25(18)20)19(26)21-16-6-5-7-17(14-16)31(27,28)24-10-12-29-13-11-24/h5-7,14-15H,2-4,8-13H2,1H3,(H,21,26). The van der Waals surface area contributed by atoms with E-state index in [1.807, 2.05) is 6.92 Å². The Bertz CT molecular complexity index is 1030. The summed E-state index contributed by atoms with van der Waals surface area (Å²) in [5.74, 6) is 0.769. The molecule has 0 bridgehead atoms. The first-order chi connectivity index (χ1) is 14.9. The third-order valence-corrected chi connectivity index (χ3v) is 8.41. The first-order valence-electron chi connectivity index (χ1n) is 10.5. The summed E-state index contributed by atoms with van der Waals surface area (Å²) in [7, 11) is -3.62. The number of aryl methyl sites for hydroxylation is 1. The van der Waals surface area contributed by atoms with Crippen LogP contribution in [0.25, 0.3) is 0 Å². The van der Waals surface area contributed by atoms with Gasteiger partial charge in [0.1, 0.15) is 5.82 Å². The Labute approximate surface area is 186 Å². The van der Waals surface area contributed by atoms with Gasteiger partial charge in [-0.05, 0) is 38.0 Å². The molecular weight excluding hydrogens is 438 g/mol. The predicted molar refractivity (Wildman–Crippen MR) is 118 cm³/mol. The van der Waals surface area contributed by atoms with E-state index in [4.69, 9.17) is 4.74 Å². The number of ether oxygens (including phenoxy) is 1. The minimum absolute atomic E-state index is 0.162. The molecule has 2 aliphatic rings. The van der Waals surface area contributed by atoms with Crippen LogP contribution in [0.5, 0.6) is 0 Å². The number of fused-ring (bicyclic) bond motifs is 1. The lowest BCUT2D eigenvalue weighted by molar-refractivity contribution is -0.115. The molecule has 3 heterocycles. The molecule has 1 aromatic carbocycles. The molecule has 0 spiro atoms. The summed E-state index contributed by atoms with van der Waals surface area (Å²) in [6.45, 7) is 4.12. The molecule has 2 aliphatic heterocycles. The summed E-state index contributed by atoms with van der Waals surface area (Å²) < 4.78 is 34.5. The summed E-state index contributed by atoms with van der Waals surface area (Å²) in [5.41, 5.74) is 0.451. The second-order valence-electron chi connectivity index (χ2n) is 7.65. The quantitative estimate of drug-likeness (QED) is 0.652. The number of sulfonamides is 1. The van der Waals surface area contributed by atoms with Crippen molar-refractivity contribution in [3.05, 3.63) is 30.1 Å². The summed E-state index contributed by atoms with van der Waals surface area (Å²) in [4.78, 5) is 12.9. The van der Waals surface area contributed by atoms with Gasteiger partial charge in [-0.1, -0.05) is 24.2 Å². The van der Waals surface area contributed by atoms with Crippen LogP contribution in [0.4, 0.5) is 5.69 Å². The zero-order valence-corrected chi connectivity index (χ0v) is 19.1. The molecular formula is C20H27N5O4S2. The van der Waals surface area contributed by atoms with Crippen LogP contribution in [0.3, 0.4) is 0 Å². The molecule has 1 saturated heterocycles.